The fourth-order valence-corrected chi connectivity index (χ4v) is 2.37. The lowest BCUT2D eigenvalue weighted by Crippen LogP contribution is -2.07. The normalized spacial score (nSPS) is 12.8. The van der Waals surface area contributed by atoms with Gasteiger partial charge in [0.2, 0.25) is 0 Å². The molecule has 0 aliphatic heterocycles. The van der Waals surface area contributed by atoms with Crippen molar-refractivity contribution in [1.29, 1.82) is 0 Å². The first-order valence-corrected chi connectivity index (χ1v) is 8.18. The maximum Gasteiger partial charge on any atom is 0.416 e. The number of aliphatic hydroxyl groups excluding tert-OH is 1. The highest BCUT2D eigenvalue weighted by Crippen LogP contribution is 2.32. The summed E-state index contributed by atoms with van der Waals surface area (Å²) in [5, 5.41) is 9.17. The minimum atomic E-state index is -4.39. The number of rotatable bonds is 2. The molecule has 1 unspecified atom stereocenters. The van der Waals surface area contributed by atoms with E-state index in [9.17, 15) is 36.2 Å². The third-order valence-corrected chi connectivity index (χ3v) is 3.72. The van der Waals surface area contributed by atoms with Gasteiger partial charge in [0.25, 0.3) is 0 Å². The Morgan fingerprint density at radius 3 is 1.68 bits per heavy atom. The molecule has 2 nitrogen and oxygen atoms in total. The van der Waals surface area contributed by atoms with Crippen LogP contribution in [0.3, 0.4) is 0 Å². The third-order valence-electron chi connectivity index (χ3n) is 3.72. The van der Waals surface area contributed by atoms with Crippen molar-refractivity contribution in [3.05, 3.63) is 69.8 Å². The maximum atomic E-state index is 12.3. The average molecular weight is 408 g/mol. The van der Waals surface area contributed by atoms with E-state index in [4.69, 9.17) is 0 Å². The van der Waals surface area contributed by atoms with Crippen LogP contribution in [0.2, 0.25) is 0 Å². The highest BCUT2D eigenvalue weighted by atomic mass is 19.4. The summed E-state index contributed by atoms with van der Waals surface area (Å²) in [5.41, 5.74) is -0.175. The summed E-state index contributed by atoms with van der Waals surface area (Å²) in [6.07, 6.45) is -9.62. The highest BCUT2D eigenvalue weighted by Gasteiger charge is 2.31. The number of ketones is 1. The van der Waals surface area contributed by atoms with Gasteiger partial charge < -0.3 is 5.11 Å². The zero-order valence-corrected chi connectivity index (χ0v) is 15.7. The van der Waals surface area contributed by atoms with Crippen LogP contribution in [-0.4, -0.2) is 10.9 Å². The molecule has 1 N–H and O–H groups in total. The molecule has 28 heavy (non-hydrogen) atoms. The lowest BCUT2D eigenvalue weighted by atomic mass is 10.0. The molecular formula is C20H22F6O2. The number of halogens is 6. The van der Waals surface area contributed by atoms with Crippen molar-refractivity contribution in [3.8, 4) is 0 Å². The second kappa shape index (κ2) is 8.77. The third kappa shape index (κ3) is 6.99. The van der Waals surface area contributed by atoms with E-state index in [1.54, 1.807) is 13.0 Å². The summed E-state index contributed by atoms with van der Waals surface area (Å²) in [5.74, 6) is -0.362. The Morgan fingerprint density at radius 2 is 1.29 bits per heavy atom. The molecule has 2 aromatic carbocycles. The number of aryl methyl sites for hydroxylation is 2. The van der Waals surface area contributed by atoms with E-state index in [-0.39, 0.29) is 18.3 Å². The number of hydrogen-bond acceptors (Lipinski definition) is 2. The molecule has 0 saturated carbocycles. The van der Waals surface area contributed by atoms with Gasteiger partial charge >= 0.3 is 12.4 Å². The Morgan fingerprint density at radius 1 is 0.857 bits per heavy atom. The van der Waals surface area contributed by atoms with Crippen molar-refractivity contribution in [2.24, 2.45) is 0 Å². The van der Waals surface area contributed by atoms with Crippen molar-refractivity contribution in [2.45, 2.75) is 46.2 Å². The van der Waals surface area contributed by atoms with Crippen molar-refractivity contribution < 1.29 is 37.7 Å². The molecule has 0 bridgehead atoms. The summed E-state index contributed by atoms with van der Waals surface area (Å²) in [6, 6.07) is 6.91. The van der Waals surface area contributed by atoms with E-state index in [1.165, 1.54) is 26.8 Å². The predicted molar refractivity (Wildman–Crippen MR) is 95.1 cm³/mol. The summed E-state index contributed by atoms with van der Waals surface area (Å²) in [7, 11) is 0. The zero-order chi connectivity index (χ0) is 21.9. The lowest BCUT2D eigenvalue weighted by molar-refractivity contribution is -0.138. The molecule has 0 aromatic heterocycles. The van der Waals surface area contributed by atoms with Crippen LogP contribution in [0.5, 0.6) is 0 Å². The van der Waals surface area contributed by atoms with Crippen LogP contribution in [-0.2, 0) is 12.4 Å². The Bertz CT molecular complexity index is 842. The number of Topliss-reactive ketones (excluding diaryl/α,β-unsaturated/α-hetero) is 1. The number of carbonyl (C=O) groups excluding carboxylic acids is 1. The van der Waals surface area contributed by atoms with E-state index >= 15 is 0 Å². The van der Waals surface area contributed by atoms with Gasteiger partial charge in [0.1, 0.15) is 0 Å². The molecule has 0 aliphatic rings. The number of aliphatic hydroxyl groups is 1. The van der Waals surface area contributed by atoms with Gasteiger partial charge in [-0.3, -0.25) is 4.79 Å². The predicted octanol–water partition coefficient (Wildman–Crippen LogP) is 6.53. The van der Waals surface area contributed by atoms with Crippen molar-refractivity contribution in [3.63, 3.8) is 0 Å². The summed E-state index contributed by atoms with van der Waals surface area (Å²) in [6.45, 7) is 5.78. The second-order valence-corrected chi connectivity index (χ2v) is 6.45. The van der Waals surface area contributed by atoms with Gasteiger partial charge in [-0.25, -0.2) is 0 Å². The molecule has 0 heterocycles. The van der Waals surface area contributed by atoms with Crippen molar-refractivity contribution >= 4 is 5.78 Å². The first-order valence-electron chi connectivity index (χ1n) is 8.18. The Balaban J connectivity index is 0.000000523. The van der Waals surface area contributed by atoms with Gasteiger partial charge in [-0.05, 0) is 69.2 Å². The molecule has 0 radical (unpaired) electrons. The first-order chi connectivity index (χ1) is 12.6. The van der Waals surface area contributed by atoms with Crippen LogP contribution in [0.25, 0.3) is 0 Å². The SMILES string of the molecule is CC(=O)c1cc(C)cc(C(F)(F)F)c1.Cc1cc(C(C)O)cc(C(F)(F)F)c1.[HH]. The minimum absolute atomic E-state index is 0. The fraction of sp³-hybridized carbons (Fsp3) is 0.350. The number of carbonyl (C=O) groups is 1. The Hall–Kier alpha value is -2.35. The first kappa shape index (κ1) is 23.7. The van der Waals surface area contributed by atoms with Crippen LogP contribution >= 0.6 is 0 Å². The standard InChI is InChI=1S/C10H11F3O.C10H9F3O.H2/c2*1-6-3-8(7(2)14)5-9(4-6)10(11,12)13;/h3-5,7,14H,1-2H3;3-5H,1-2H3;1H. The molecule has 0 spiro atoms. The van der Waals surface area contributed by atoms with Gasteiger partial charge in [0, 0.05) is 6.99 Å². The molecule has 1 atom stereocenters. The molecule has 8 heteroatoms. The van der Waals surface area contributed by atoms with E-state index in [0.29, 0.717) is 11.1 Å². The molecule has 2 rings (SSSR count). The van der Waals surface area contributed by atoms with Crippen LogP contribution in [0.4, 0.5) is 26.3 Å². The highest BCUT2D eigenvalue weighted by molar-refractivity contribution is 5.94. The topological polar surface area (TPSA) is 37.3 Å². The molecule has 156 valence electrons. The fourth-order valence-electron chi connectivity index (χ4n) is 2.37. The van der Waals surface area contributed by atoms with Gasteiger partial charge in [-0.2, -0.15) is 26.3 Å². The molecular weight excluding hydrogens is 386 g/mol. The number of benzene rings is 2. The monoisotopic (exact) mass is 408 g/mol. The number of alkyl halides is 6. The van der Waals surface area contributed by atoms with E-state index < -0.39 is 29.6 Å². The van der Waals surface area contributed by atoms with E-state index in [1.807, 2.05) is 0 Å². The smallest absolute Gasteiger partial charge is 0.389 e. The zero-order valence-electron chi connectivity index (χ0n) is 15.7. The molecule has 0 aliphatic carbocycles. The molecule has 0 amide bonds. The quantitative estimate of drug-likeness (QED) is 0.453. The van der Waals surface area contributed by atoms with Crippen LogP contribution < -0.4 is 0 Å². The van der Waals surface area contributed by atoms with E-state index in [2.05, 4.69) is 0 Å². The molecule has 0 saturated heterocycles. The largest absolute Gasteiger partial charge is 0.416 e. The van der Waals surface area contributed by atoms with Crippen LogP contribution in [0, 0.1) is 13.8 Å². The van der Waals surface area contributed by atoms with Crippen molar-refractivity contribution in [2.75, 3.05) is 0 Å². The summed E-state index contributed by atoms with van der Waals surface area (Å²) >= 11 is 0. The lowest BCUT2D eigenvalue weighted by Gasteiger charge is -2.11. The number of hydrogen-bond donors (Lipinski definition) is 1. The van der Waals surface area contributed by atoms with Crippen LogP contribution in [0.15, 0.2) is 36.4 Å². The molecule has 2 aromatic rings. The molecule has 0 fully saturated rings. The maximum absolute atomic E-state index is 12.3. The van der Waals surface area contributed by atoms with Gasteiger partial charge in [-0.1, -0.05) is 11.6 Å². The minimum Gasteiger partial charge on any atom is -0.389 e. The van der Waals surface area contributed by atoms with Crippen LogP contribution in [0.1, 0.15) is 59.6 Å². The summed E-state index contributed by atoms with van der Waals surface area (Å²) < 4.78 is 73.9. The second-order valence-electron chi connectivity index (χ2n) is 6.45. The Kier molecular flexibility index (Phi) is 7.42. The average Bonchev–Trinajstić information content (AvgIpc) is 2.52. The van der Waals surface area contributed by atoms with Gasteiger partial charge in [-0.15, -0.1) is 0 Å². The van der Waals surface area contributed by atoms with Gasteiger partial charge in [0.15, 0.2) is 5.78 Å². The summed E-state index contributed by atoms with van der Waals surface area (Å²) in [4.78, 5) is 10.9. The Labute approximate surface area is 160 Å². The van der Waals surface area contributed by atoms with E-state index in [0.717, 1.165) is 24.3 Å². The van der Waals surface area contributed by atoms with Crippen molar-refractivity contribution in [1.82, 2.24) is 0 Å². The van der Waals surface area contributed by atoms with Gasteiger partial charge in [0.05, 0.1) is 17.2 Å².